The second-order valence-electron chi connectivity index (χ2n) is 3.86. The summed E-state index contributed by atoms with van der Waals surface area (Å²) >= 11 is 0. The van der Waals surface area contributed by atoms with Gasteiger partial charge in [0.15, 0.2) is 0 Å². The van der Waals surface area contributed by atoms with E-state index >= 15 is 0 Å². The Balaban J connectivity index is 4.22. The van der Waals surface area contributed by atoms with Gasteiger partial charge in [-0.2, -0.15) is 13.2 Å². The van der Waals surface area contributed by atoms with Crippen molar-refractivity contribution in [1.82, 2.24) is 0 Å². The maximum Gasteiger partial charge on any atom is 0.454 e. The van der Waals surface area contributed by atoms with Gasteiger partial charge in [-0.25, -0.2) is 0 Å². The van der Waals surface area contributed by atoms with Crippen LogP contribution in [0.15, 0.2) is 24.0 Å². The van der Waals surface area contributed by atoms with Crippen LogP contribution in [0.5, 0.6) is 0 Å². The Kier molecular flexibility index (Phi) is 8.16. The van der Waals surface area contributed by atoms with Crippen LogP contribution in [0, 0.1) is 0 Å². The first kappa shape index (κ1) is 16.7. The fraction of sp³-hybridized carbons (Fsp3) is 0.615. The molecule has 0 spiro atoms. The highest BCUT2D eigenvalue weighted by Crippen LogP contribution is 2.18. The minimum atomic E-state index is -4.85. The predicted molar refractivity (Wildman–Crippen MR) is 64.1 cm³/mol. The summed E-state index contributed by atoms with van der Waals surface area (Å²) in [5.74, 6) is -1.98. The number of rotatable bonds is 8. The highest BCUT2D eigenvalue weighted by molar-refractivity contribution is 5.95. The van der Waals surface area contributed by atoms with Crippen molar-refractivity contribution >= 4 is 5.78 Å². The first-order valence-corrected chi connectivity index (χ1v) is 5.95. The third-order valence-corrected chi connectivity index (χ3v) is 2.29. The first-order valence-electron chi connectivity index (χ1n) is 5.95. The molecular weight excluding hydrogens is 245 g/mol. The normalized spacial score (nSPS) is 13.1. The lowest BCUT2D eigenvalue weighted by Gasteiger charge is -2.03. The van der Waals surface area contributed by atoms with Crippen LogP contribution in [-0.2, 0) is 9.53 Å². The molecule has 0 heterocycles. The summed E-state index contributed by atoms with van der Waals surface area (Å²) < 4.78 is 40.7. The lowest BCUT2D eigenvalue weighted by molar-refractivity contribution is -0.165. The lowest BCUT2D eigenvalue weighted by atomic mass is 10.1. The summed E-state index contributed by atoms with van der Waals surface area (Å²) in [5.41, 5.74) is 0. The quantitative estimate of drug-likeness (QED) is 0.284. The van der Waals surface area contributed by atoms with E-state index in [9.17, 15) is 18.0 Å². The molecule has 0 fully saturated rings. The van der Waals surface area contributed by atoms with E-state index in [0.29, 0.717) is 6.08 Å². The summed E-state index contributed by atoms with van der Waals surface area (Å²) in [6.07, 6.45) is 3.84. The molecule has 0 saturated carbocycles. The molecule has 18 heavy (non-hydrogen) atoms. The van der Waals surface area contributed by atoms with Gasteiger partial charge in [-0.05, 0) is 18.9 Å². The molecule has 2 nitrogen and oxygen atoms in total. The Morgan fingerprint density at radius 1 is 1.22 bits per heavy atom. The molecule has 0 radical (unpaired) electrons. The molecule has 0 unspecified atom stereocenters. The minimum absolute atomic E-state index is 0.0761. The minimum Gasteiger partial charge on any atom is -0.497 e. The van der Waals surface area contributed by atoms with E-state index < -0.39 is 12.0 Å². The molecule has 0 aromatic carbocycles. The largest absolute Gasteiger partial charge is 0.497 e. The van der Waals surface area contributed by atoms with Gasteiger partial charge in [0, 0.05) is 6.08 Å². The molecule has 104 valence electrons. The first-order chi connectivity index (χ1) is 8.41. The smallest absolute Gasteiger partial charge is 0.454 e. The van der Waals surface area contributed by atoms with E-state index in [1.807, 2.05) is 0 Å². The molecule has 0 saturated heterocycles. The molecule has 0 aliphatic rings. The molecule has 0 bridgehead atoms. The standard InChI is InChI=1S/C13H19F3O2/c1-3-4-5-6-7-8-9-11(18-2)10-12(17)13(14,15)16/h8-10H,3-7H2,1-2H3/b9-8+,11-10+. The molecule has 0 aliphatic heterocycles. The molecular formula is C13H19F3O2. The van der Waals surface area contributed by atoms with Gasteiger partial charge in [0.05, 0.1) is 7.11 Å². The van der Waals surface area contributed by atoms with Crippen molar-refractivity contribution in [3.63, 3.8) is 0 Å². The van der Waals surface area contributed by atoms with Gasteiger partial charge in [0.1, 0.15) is 5.76 Å². The zero-order chi connectivity index (χ0) is 14.0. The highest BCUT2D eigenvalue weighted by Gasteiger charge is 2.36. The summed E-state index contributed by atoms with van der Waals surface area (Å²) in [7, 11) is 1.23. The molecule has 0 rings (SSSR count). The Morgan fingerprint density at radius 2 is 1.89 bits per heavy atom. The van der Waals surface area contributed by atoms with Crippen molar-refractivity contribution in [1.29, 1.82) is 0 Å². The molecule has 0 N–H and O–H groups in total. The van der Waals surface area contributed by atoms with E-state index in [1.165, 1.54) is 13.2 Å². The van der Waals surface area contributed by atoms with Crippen LogP contribution in [-0.4, -0.2) is 19.1 Å². The van der Waals surface area contributed by atoms with Gasteiger partial charge < -0.3 is 4.74 Å². The fourth-order valence-corrected chi connectivity index (χ4v) is 1.27. The van der Waals surface area contributed by atoms with Gasteiger partial charge in [0.2, 0.25) is 0 Å². The molecule has 5 heteroatoms. The van der Waals surface area contributed by atoms with Crippen molar-refractivity contribution in [2.24, 2.45) is 0 Å². The fourth-order valence-electron chi connectivity index (χ4n) is 1.27. The third-order valence-electron chi connectivity index (χ3n) is 2.29. The monoisotopic (exact) mass is 264 g/mol. The average Bonchev–Trinajstić information content (AvgIpc) is 2.30. The van der Waals surface area contributed by atoms with Crippen molar-refractivity contribution in [2.45, 2.75) is 45.2 Å². The molecule has 0 aliphatic carbocycles. The lowest BCUT2D eigenvalue weighted by Crippen LogP contribution is -2.20. The van der Waals surface area contributed by atoms with Crippen molar-refractivity contribution in [3.8, 4) is 0 Å². The summed E-state index contributed by atoms with van der Waals surface area (Å²) in [4.78, 5) is 10.7. The number of ether oxygens (including phenoxy) is 1. The average molecular weight is 264 g/mol. The Morgan fingerprint density at radius 3 is 2.39 bits per heavy atom. The van der Waals surface area contributed by atoms with Crippen LogP contribution < -0.4 is 0 Å². The van der Waals surface area contributed by atoms with E-state index in [-0.39, 0.29) is 5.76 Å². The number of alkyl halides is 3. The topological polar surface area (TPSA) is 26.3 Å². The van der Waals surface area contributed by atoms with Crippen molar-refractivity contribution in [2.75, 3.05) is 7.11 Å². The summed E-state index contributed by atoms with van der Waals surface area (Å²) in [6.45, 7) is 2.10. The van der Waals surface area contributed by atoms with Crippen LogP contribution >= 0.6 is 0 Å². The number of hydrogen-bond donors (Lipinski definition) is 0. The van der Waals surface area contributed by atoms with Crippen molar-refractivity contribution < 1.29 is 22.7 Å². The van der Waals surface area contributed by atoms with Crippen LogP contribution in [0.25, 0.3) is 0 Å². The van der Waals surface area contributed by atoms with Gasteiger partial charge in [-0.15, -0.1) is 0 Å². The Bertz CT molecular complexity index is 304. The number of hydrogen-bond acceptors (Lipinski definition) is 2. The van der Waals surface area contributed by atoms with E-state index in [4.69, 9.17) is 4.74 Å². The summed E-state index contributed by atoms with van der Waals surface area (Å²) in [5, 5.41) is 0. The second-order valence-corrected chi connectivity index (χ2v) is 3.86. The van der Waals surface area contributed by atoms with Gasteiger partial charge in [-0.1, -0.05) is 32.3 Å². The zero-order valence-electron chi connectivity index (χ0n) is 10.7. The van der Waals surface area contributed by atoms with Crippen LogP contribution in [0.3, 0.4) is 0 Å². The predicted octanol–water partition coefficient (Wildman–Crippen LogP) is 4.17. The second kappa shape index (κ2) is 8.78. The summed E-state index contributed by atoms with van der Waals surface area (Å²) in [6, 6.07) is 0. The highest BCUT2D eigenvalue weighted by atomic mass is 19.4. The van der Waals surface area contributed by atoms with Crippen LogP contribution in [0.4, 0.5) is 13.2 Å². The molecule has 0 atom stereocenters. The van der Waals surface area contributed by atoms with Gasteiger partial charge in [-0.3, -0.25) is 4.79 Å². The molecule has 0 amide bonds. The Hall–Kier alpha value is -1.26. The molecule has 0 aromatic rings. The number of allylic oxidation sites excluding steroid dienone is 3. The maximum absolute atomic E-state index is 12.0. The number of carbonyl (C=O) groups excluding carboxylic acids is 1. The van der Waals surface area contributed by atoms with Crippen LogP contribution in [0.1, 0.15) is 39.0 Å². The van der Waals surface area contributed by atoms with Gasteiger partial charge >= 0.3 is 6.18 Å². The van der Waals surface area contributed by atoms with Gasteiger partial charge in [0.25, 0.3) is 5.78 Å². The third kappa shape index (κ3) is 7.92. The van der Waals surface area contributed by atoms with E-state index in [1.54, 1.807) is 6.08 Å². The Labute approximate surface area is 106 Å². The maximum atomic E-state index is 12.0. The number of carbonyl (C=O) groups is 1. The number of unbranched alkanes of at least 4 members (excludes halogenated alkanes) is 4. The van der Waals surface area contributed by atoms with Crippen LogP contribution in [0.2, 0.25) is 0 Å². The molecule has 0 aromatic heterocycles. The zero-order valence-corrected chi connectivity index (χ0v) is 10.7. The van der Waals surface area contributed by atoms with E-state index in [0.717, 1.165) is 32.1 Å². The van der Waals surface area contributed by atoms with Crippen molar-refractivity contribution in [3.05, 3.63) is 24.0 Å². The number of methoxy groups -OCH3 is 1. The SMILES string of the molecule is CCCCCC/C=C/C(=C\C(=O)C(F)(F)F)OC. The number of halogens is 3. The number of ketones is 1. The van der Waals surface area contributed by atoms with E-state index in [2.05, 4.69) is 6.92 Å².